The summed E-state index contributed by atoms with van der Waals surface area (Å²) in [7, 11) is 2.28. The standard InChI is InChI=1S/C14H29NS/c1-5-13(2,3)15(4)11-14(12-16)9-7-6-8-10-14/h16H,5-12H2,1-4H3. The third kappa shape index (κ3) is 3.40. The molecule has 0 atom stereocenters. The summed E-state index contributed by atoms with van der Waals surface area (Å²) in [5.74, 6) is 1.05. The molecule has 1 nitrogen and oxygen atoms in total. The van der Waals surface area contributed by atoms with Crippen LogP contribution in [0.2, 0.25) is 0 Å². The Bertz CT molecular complexity index is 207. The fourth-order valence-corrected chi connectivity index (χ4v) is 3.07. The Balaban J connectivity index is 2.62. The Labute approximate surface area is 107 Å². The number of hydrogen-bond donors (Lipinski definition) is 1. The van der Waals surface area contributed by atoms with Crippen LogP contribution in [-0.2, 0) is 0 Å². The lowest BCUT2D eigenvalue weighted by Gasteiger charge is -2.44. The molecule has 0 radical (unpaired) electrons. The third-order valence-corrected chi connectivity index (χ3v) is 5.39. The molecular formula is C14H29NS. The monoisotopic (exact) mass is 243 g/mol. The molecule has 0 aliphatic heterocycles. The van der Waals surface area contributed by atoms with Gasteiger partial charge in [-0.25, -0.2) is 0 Å². The molecule has 0 bridgehead atoms. The van der Waals surface area contributed by atoms with Gasteiger partial charge in [-0.2, -0.15) is 12.6 Å². The molecule has 0 aromatic heterocycles. The summed E-state index contributed by atoms with van der Waals surface area (Å²) >= 11 is 4.62. The molecule has 96 valence electrons. The van der Waals surface area contributed by atoms with Crippen LogP contribution in [-0.4, -0.2) is 29.8 Å². The van der Waals surface area contributed by atoms with Crippen molar-refractivity contribution in [2.24, 2.45) is 5.41 Å². The molecule has 0 heterocycles. The Morgan fingerprint density at radius 3 is 2.19 bits per heavy atom. The van der Waals surface area contributed by atoms with Crippen molar-refractivity contribution in [3.63, 3.8) is 0 Å². The molecule has 1 rings (SSSR count). The Morgan fingerprint density at radius 2 is 1.75 bits per heavy atom. The summed E-state index contributed by atoms with van der Waals surface area (Å²) in [5, 5.41) is 0. The van der Waals surface area contributed by atoms with Gasteiger partial charge in [0.2, 0.25) is 0 Å². The predicted octanol–water partition coefficient (Wildman–Crippen LogP) is 3.99. The van der Waals surface area contributed by atoms with Gasteiger partial charge in [0.1, 0.15) is 0 Å². The smallest absolute Gasteiger partial charge is 0.0147 e. The second-order valence-corrected chi connectivity index (χ2v) is 6.56. The van der Waals surface area contributed by atoms with E-state index < -0.39 is 0 Å². The lowest BCUT2D eigenvalue weighted by molar-refractivity contribution is 0.0710. The fourth-order valence-electron chi connectivity index (χ4n) is 2.66. The van der Waals surface area contributed by atoms with Crippen LogP contribution in [0, 0.1) is 5.41 Å². The van der Waals surface area contributed by atoms with E-state index >= 15 is 0 Å². The highest BCUT2D eigenvalue weighted by Crippen LogP contribution is 2.39. The first kappa shape index (κ1) is 14.4. The first-order valence-electron chi connectivity index (χ1n) is 6.78. The summed E-state index contributed by atoms with van der Waals surface area (Å²) in [6.07, 6.45) is 8.20. The number of thiol groups is 1. The first-order chi connectivity index (χ1) is 7.46. The van der Waals surface area contributed by atoms with Crippen LogP contribution in [0.1, 0.15) is 59.3 Å². The molecule has 0 amide bonds. The van der Waals surface area contributed by atoms with Gasteiger partial charge in [-0.05, 0) is 51.3 Å². The molecule has 0 aromatic carbocycles. The molecule has 0 saturated heterocycles. The molecule has 0 aromatic rings. The van der Waals surface area contributed by atoms with Crippen LogP contribution in [0.25, 0.3) is 0 Å². The van der Waals surface area contributed by atoms with Gasteiger partial charge in [-0.15, -0.1) is 0 Å². The molecule has 0 unspecified atom stereocenters. The van der Waals surface area contributed by atoms with Gasteiger partial charge < -0.3 is 4.90 Å². The average Bonchev–Trinajstić information content (AvgIpc) is 2.30. The predicted molar refractivity (Wildman–Crippen MR) is 76.4 cm³/mol. The van der Waals surface area contributed by atoms with E-state index in [1.165, 1.54) is 45.1 Å². The van der Waals surface area contributed by atoms with E-state index in [4.69, 9.17) is 0 Å². The number of nitrogens with zero attached hydrogens (tertiary/aromatic N) is 1. The number of hydrogen-bond acceptors (Lipinski definition) is 2. The van der Waals surface area contributed by atoms with E-state index in [2.05, 4.69) is 45.3 Å². The topological polar surface area (TPSA) is 3.24 Å². The average molecular weight is 243 g/mol. The van der Waals surface area contributed by atoms with E-state index in [1.807, 2.05) is 0 Å². The third-order valence-electron chi connectivity index (χ3n) is 4.72. The number of rotatable bonds is 5. The van der Waals surface area contributed by atoms with E-state index in [1.54, 1.807) is 0 Å². The van der Waals surface area contributed by atoms with Gasteiger partial charge in [0.25, 0.3) is 0 Å². The summed E-state index contributed by atoms with van der Waals surface area (Å²) < 4.78 is 0. The van der Waals surface area contributed by atoms with Gasteiger partial charge in [0.05, 0.1) is 0 Å². The van der Waals surface area contributed by atoms with Crippen molar-refractivity contribution in [1.29, 1.82) is 0 Å². The lowest BCUT2D eigenvalue weighted by atomic mass is 9.74. The summed E-state index contributed by atoms with van der Waals surface area (Å²) in [4.78, 5) is 2.55. The van der Waals surface area contributed by atoms with E-state index in [0.717, 1.165) is 5.75 Å². The molecule has 16 heavy (non-hydrogen) atoms. The summed E-state index contributed by atoms with van der Waals surface area (Å²) in [6, 6.07) is 0. The second kappa shape index (κ2) is 5.77. The Kier molecular flexibility index (Phi) is 5.18. The molecule has 1 aliphatic carbocycles. The molecule has 2 heteroatoms. The van der Waals surface area contributed by atoms with Crippen molar-refractivity contribution >= 4 is 12.6 Å². The molecule has 1 fully saturated rings. The minimum Gasteiger partial charge on any atom is -0.301 e. The molecule has 0 N–H and O–H groups in total. The SMILES string of the molecule is CCC(C)(C)N(C)CC1(CS)CCCCC1. The van der Waals surface area contributed by atoms with Crippen molar-refractivity contribution in [2.75, 3.05) is 19.3 Å². The lowest BCUT2D eigenvalue weighted by Crippen LogP contribution is -2.48. The van der Waals surface area contributed by atoms with Gasteiger partial charge >= 0.3 is 0 Å². The largest absolute Gasteiger partial charge is 0.301 e. The van der Waals surface area contributed by atoms with Crippen LogP contribution in [0.15, 0.2) is 0 Å². The highest BCUT2D eigenvalue weighted by molar-refractivity contribution is 7.80. The van der Waals surface area contributed by atoms with Crippen molar-refractivity contribution in [3.8, 4) is 0 Å². The van der Waals surface area contributed by atoms with Crippen LogP contribution < -0.4 is 0 Å². The molecular weight excluding hydrogens is 214 g/mol. The van der Waals surface area contributed by atoms with E-state index in [-0.39, 0.29) is 0 Å². The Hall–Kier alpha value is 0.310. The highest BCUT2D eigenvalue weighted by Gasteiger charge is 2.34. The maximum absolute atomic E-state index is 4.62. The fraction of sp³-hybridized carbons (Fsp3) is 1.00. The van der Waals surface area contributed by atoms with E-state index in [9.17, 15) is 0 Å². The zero-order valence-corrected chi connectivity index (χ0v) is 12.4. The highest BCUT2D eigenvalue weighted by atomic mass is 32.1. The van der Waals surface area contributed by atoms with Crippen LogP contribution >= 0.6 is 12.6 Å². The second-order valence-electron chi connectivity index (χ2n) is 6.24. The van der Waals surface area contributed by atoms with Crippen LogP contribution in [0.5, 0.6) is 0 Å². The zero-order chi connectivity index (χ0) is 12.2. The maximum atomic E-state index is 4.62. The quantitative estimate of drug-likeness (QED) is 0.715. The van der Waals surface area contributed by atoms with Crippen molar-refractivity contribution in [2.45, 2.75) is 64.8 Å². The Morgan fingerprint density at radius 1 is 1.19 bits per heavy atom. The maximum Gasteiger partial charge on any atom is 0.0147 e. The van der Waals surface area contributed by atoms with Crippen LogP contribution in [0.4, 0.5) is 0 Å². The van der Waals surface area contributed by atoms with Crippen molar-refractivity contribution < 1.29 is 0 Å². The van der Waals surface area contributed by atoms with E-state index in [0.29, 0.717) is 11.0 Å². The minimum absolute atomic E-state index is 0.327. The molecule has 1 saturated carbocycles. The van der Waals surface area contributed by atoms with Gasteiger partial charge in [0, 0.05) is 12.1 Å². The summed E-state index contributed by atoms with van der Waals surface area (Å²) in [6.45, 7) is 8.20. The molecule has 1 aliphatic rings. The minimum atomic E-state index is 0.327. The normalized spacial score (nSPS) is 21.4. The van der Waals surface area contributed by atoms with Gasteiger partial charge in [0.15, 0.2) is 0 Å². The summed E-state index contributed by atoms with van der Waals surface area (Å²) in [5.41, 5.74) is 0.815. The van der Waals surface area contributed by atoms with Crippen LogP contribution in [0.3, 0.4) is 0 Å². The zero-order valence-electron chi connectivity index (χ0n) is 11.6. The van der Waals surface area contributed by atoms with Crippen molar-refractivity contribution in [1.82, 2.24) is 4.90 Å². The first-order valence-corrected chi connectivity index (χ1v) is 7.41. The molecule has 0 spiro atoms. The van der Waals surface area contributed by atoms with Crippen molar-refractivity contribution in [3.05, 3.63) is 0 Å². The van der Waals surface area contributed by atoms with Gasteiger partial charge in [-0.1, -0.05) is 26.2 Å². The van der Waals surface area contributed by atoms with Gasteiger partial charge in [-0.3, -0.25) is 0 Å².